The molecule has 22 heavy (non-hydrogen) atoms. The van der Waals surface area contributed by atoms with Gasteiger partial charge in [-0.3, -0.25) is 4.79 Å². The minimum absolute atomic E-state index is 0. The first-order valence-electron chi connectivity index (χ1n) is 6.95. The Kier molecular flexibility index (Phi) is 5.97. The normalized spacial score (nSPS) is 21.4. The number of amides is 1. The molecule has 1 aliphatic heterocycles. The maximum atomic E-state index is 12.5. The highest BCUT2D eigenvalue weighted by Crippen LogP contribution is 2.36. The fourth-order valence-electron chi connectivity index (χ4n) is 2.65. The van der Waals surface area contributed by atoms with Crippen LogP contribution in [0.2, 0.25) is 10.0 Å². The summed E-state index contributed by atoms with van der Waals surface area (Å²) in [5.74, 6) is 0.335. The van der Waals surface area contributed by atoms with Gasteiger partial charge in [-0.25, -0.2) is 0 Å². The van der Waals surface area contributed by atoms with Crippen LogP contribution < -0.4 is 10.6 Å². The summed E-state index contributed by atoms with van der Waals surface area (Å²) in [5.41, 5.74) is 0. The lowest BCUT2D eigenvalue weighted by molar-refractivity contribution is 0.0918. The predicted molar refractivity (Wildman–Crippen MR) is 97.0 cm³/mol. The summed E-state index contributed by atoms with van der Waals surface area (Å²) in [6, 6.07) is 5.69. The van der Waals surface area contributed by atoms with Crippen LogP contribution in [-0.2, 0) is 0 Å². The van der Waals surface area contributed by atoms with Crippen molar-refractivity contribution in [3.05, 3.63) is 33.1 Å². The second-order valence-corrected chi connectivity index (χ2v) is 7.30. The van der Waals surface area contributed by atoms with Crippen LogP contribution in [0.3, 0.4) is 0 Å². The highest BCUT2D eigenvalue weighted by molar-refractivity contribution is 7.21. The van der Waals surface area contributed by atoms with Crippen molar-refractivity contribution in [3.63, 3.8) is 0 Å². The first-order valence-corrected chi connectivity index (χ1v) is 8.52. The van der Waals surface area contributed by atoms with Gasteiger partial charge in [0.1, 0.15) is 4.88 Å². The van der Waals surface area contributed by atoms with E-state index in [9.17, 15) is 4.79 Å². The van der Waals surface area contributed by atoms with Crippen LogP contribution in [0.25, 0.3) is 10.1 Å². The highest BCUT2D eigenvalue weighted by atomic mass is 35.5. The SMILES string of the molecule is CC1CNCCC1NC(=O)c1sc2cc(Cl)ccc2c1Cl.Cl. The topological polar surface area (TPSA) is 41.1 Å². The Balaban J connectivity index is 0.00000176. The number of nitrogens with one attached hydrogen (secondary N) is 2. The van der Waals surface area contributed by atoms with Crippen LogP contribution in [0.1, 0.15) is 23.0 Å². The summed E-state index contributed by atoms with van der Waals surface area (Å²) in [4.78, 5) is 13.1. The van der Waals surface area contributed by atoms with Gasteiger partial charge < -0.3 is 10.6 Å². The Morgan fingerprint density at radius 3 is 2.91 bits per heavy atom. The second-order valence-electron chi connectivity index (χ2n) is 5.44. The molecule has 1 fully saturated rings. The molecule has 3 nitrogen and oxygen atoms in total. The van der Waals surface area contributed by atoms with Crippen molar-refractivity contribution in [2.75, 3.05) is 13.1 Å². The number of carbonyl (C=O) groups excluding carboxylic acids is 1. The molecule has 2 aromatic rings. The van der Waals surface area contributed by atoms with Gasteiger partial charge in [0.05, 0.1) is 5.02 Å². The van der Waals surface area contributed by atoms with E-state index in [2.05, 4.69) is 17.6 Å². The van der Waals surface area contributed by atoms with E-state index < -0.39 is 0 Å². The van der Waals surface area contributed by atoms with E-state index in [4.69, 9.17) is 23.2 Å². The lowest BCUT2D eigenvalue weighted by Gasteiger charge is -2.30. The van der Waals surface area contributed by atoms with Crippen LogP contribution >= 0.6 is 46.9 Å². The maximum Gasteiger partial charge on any atom is 0.263 e. The number of fused-ring (bicyclic) bond motifs is 1. The van der Waals surface area contributed by atoms with Crippen molar-refractivity contribution in [1.82, 2.24) is 10.6 Å². The van der Waals surface area contributed by atoms with Gasteiger partial charge in [-0.1, -0.05) is 36.2 Å². The van der Waals surface area contributed by atoms with E-state index >= 15 is 0 Å². The van der Waals surface area contributed by atoms with Crippen LogP contribution in [0.5, 0.6) is 0 Å². The molecular weight excluding hydrogens is 363 g/mol. The third kappa shape index (κ3) is 3.52. The summed E-state index contributed by atoms with van der Waals surface area (Å²) in [7, 11) is 0. The lowest BCUT2D eigenvalue weighted by atomic mass is 9.95. The zero-order valence-corrected chi connectivity index (χ0v) is 15.1. The van der Waals surface area contributed by atoms with Crippen LogP contribution in [-0.4, -0.2) is 25.0 Å². The zero-order chi connectivity index (χ0) is 15.0. The molecule has 2 N–H and O–H groups in total. The Labute approximate surface area is 149 Å². The van der Waals surface area contributed by atoms with Crippen molar-refractivity contribution >= 4 is 62.9 Å². The molecule has 0 spiro atoms. The van der Waals surface area contributed by atoms with E-state index in [1.807, 2.05) is 12.1 Å². The predicted octanol–water partition coefficient (Wildman–Crippen LogP) is 4.36. The zero-order valence-electron chi connectivity index (χ0n) is 12.0. The quantitative estimate of drug-likeness (QED) is 0.814. The monoisotopic (exact) mass is 378 g/mol. The lowest BCUT2D eigenvalue weighted by Crippen LogP contribution is -2.48. The van der Waals surface area contributed by atoms with Crippen molar-refractivity contribution in [3.8, 4) is 0 Å². The van der Waals surface area contributed by atoms with Gasteiger partial charge in [0.2, 0.25) is 0 Å². The summed E-state index contributed by atoms with van der Waals surface area (Å²) in [5, 5.41) is 8.50. The summed E-state index contributed by atoms with van der Waals surface area (Å²) < 4.78 is 0.941. The molecule has 120 valence electrons. The molecule has 0 saturated carbocycles. The van der Waals surface area contributed by atoms with Gasteiger partial charge in [-0.05, 0) is 37.6 Å². The minimum atomic E-state index is -0.0870. The van der Waals surface area contributed by atoms with Gasteiger partial charge >= 0.3 is 0 Å². The molecule has 2 unspecified atom stereocenters. The average molecular weight is 380 g/mol. The van der Waals surface area contributed by atoms with Crippen LogP contribution in [0, 0.1) is 5.92 Å². The summed E-state index contributed by atoms with van der Waals surface area (Å²) in [6.45, 7) is 4.01. The molecule has 1 aliphatic rings. The maximum absolute atomic E-state index is 12.5. The fourth-order valence-corrected chi connectivity index (χ4v) is 4.34. The smallest absolute Gasteiger partial charge is 0.263 e. The molecule has 0 aliphatic carbocycles. The molecule has 0 radical (unpaired) electrons. The average Bonchev–Trinajstić information content (AvgIpc) is 2.78. The summed E-state index contributed by atoms with van der Waals surface area (Å²) in [6.07, 6.45) is 0.946. The first-order chi connectivity index (χ1) is 10.1. The molecule has 2 heterocycles. The second kappa shape index (κ2) is 7.37. The number of thiophene rings is 1. The van der Waals surface area contributed by atoms with Crippen molar-refractivity contribution in [1.29, 1.82) is 0 Å². The Morgan fingerprint density at radius 2 is 2.18 bits per heavy atom. The number of piperidine rings is 1. The van der Waals surface area contributed by atoms with Crippen molar-refractivity contribution in [2.24, 2.45) is 5.92 Å². The van der Waals surface area contributed by atoms with E-state index in [0.717, 1.165) is 29.6 Å². The van der Waals surface area contributed by atoms with Gasteiger partial charge in [-0.2, -0.15) is 0 Å². The van der Waals surface area contributed by atoms with Crippen molar-refractivity contribution < 1.29 is 4.79 Å². The highest BCUT2D eigenvalue weighted by Gasteiger charge is 2.25. The first kappa shape index (κ1) is 17.8. The summed E-state index contributed by atoms with van der Waals surface area (Å²) >= 11 is 13.7. The van der Waals surface area contributed by atoms with Crippen LogP contribution in [0.4, 0.5) is 0 Å². The van der Waals surface area contributed by atoms with Gasteiger partial charge in [0.15, 0.2) is 0 Å². The molecular formula is C15H17Cl3N2OS. The van der Waals surface area contributed by atoms with E-state index in [-0.39, 0.29) is 24.4 Å². The van der Waals surface area contributed by atoms with Gasteiger partial charge in [-0.15, -0.1) is 23.7 Å². The Morgan fingerprint density at radius 1 is 1.41 bits per heavy atom. The third-order valence-corrected chi connectivity index (χ3v) is 5.79. The Bertz CT molecular complexity index is 689. The van der Waals surface area contributed by atoms with Gasteiger partial charge in [0, 0.05) is 21.2 Å². The molecule has 2 atom stereocenters. The fraction of sp³-hybridized carbons (Fsp3) is 0.400. The minimum Gasteiger partial charge on any atom is -0.348 e. The standard InChI is InChI=1S/C15H16Cl2N2OS.ClH/c1-8-7-18-5-4-11(8)19-15(20)14-13(17)10-3-2-9(16)6-12(10)21-14;/h2-3,6,8,11,18H,4-5,7H2,1H3,(H,19,20);1H. The molecule has 1 aromatic carbocycles. The molecule has 1 amide bonds. The Hall–Kier alpha value is -0.520. The number of hydrogen-bond donors (Lipinski definition) is 2. The molecule has 1 aromatic heterocycles. The number of rotatable bonds is 2. The molecule has 3 rings (SSSR count). The van der Waals surface area contributed by atoms with Crippen LogP contribution in [0.15, 0.2) is 18.2 Å². The number of benzene rings is 1. The largest absolute Gasteiger partial charge is 0.348 e. The number of carbonyl (C=O) groups is 1. The molecule has 0 bridgehead atoms. The van der Waals surface area contributed by atoms with Gasteiger partial charge in [0.25, 0.3) is 5.91 Å². The van der Waals surface area contributed by atoms with Crippen molar-refractivity contribution in [2.45, 2.75) is 19.4 Å². The molecule has 1 saturated heterocycles. The van der Waals surface area contributed by atoms with E-state index in [1.165, 1.54) is 11.3 Å². The number of hydrogen-bond acceptors (Lipinski definition) is 3. The van der Waals surface area contributed by atoms with E-state index in [1.54, 1.807) is 6.07 Å². The van der Waals surface area contributed by atoms with E-state index in [0.29, 0.717) is 20.8 Å². The number of halogens is 3. The molecule has 7 heteroatoms. The third-order valence-electron chi connectivity index (χ3n) is 3.90.